The van der Waals surface area contributed by atoms with Gasteiger partial charge in [-0.2, -0.15) is 11.8 Å². The molecule has 12 heavy (non-hydrogen) atoms. The van der Waals surface area contributed by atoms with E-state index < -0.39 is 6.10 Å². The molecule has 1 N–H and O–H groups in total. The third-order valence-corrected chi connectivity index (χ3v) is 2.68. The van der Waals surface area contributed by atoms with Crippen molar-refractivity contribution < 1.29 is 5.11 Å². The first-order valence-electron chi connectivity index (χ1n) is 3.39. The van der Waals surface area contributed by atoms with Gasteiger partial charge in [0, 0.05) is 12.8 Å². The van der Waals surface area contributed by atoms with Gasteiger partial charge >= 0.3 is 0 Å². The van der Waals surface area contributed by atoms with Gasteiger partial charge in [0.1, 0.15) is 11.8 Å². The van der Waals surface area contributed by atoms with E-state index in [0.717, 1.165) is 5.69 Å². The minimum absolute atomic E-state index is 0.505. The van der Waals surface area contributed by atoms with Gasteiger partial charge in [0.25, 0.3) is 0 Å². The summed E-state index contributed by atoms with van der Waals surface area (Å²) in [6.45, 7) is 0. The van der Waals surface area contributed by atoms with Crippen LogP contribution in [0.5, 0.6) is 0 Å². The molecule has 0 aliphatic carbocycles. The van der Waals surface area contributed by atoms with E-state index in [1.54, 1.807) is 23.5 Å². The number of rotatable bonds is 3. The smallest absolute Gasteiger partial charge is 0.154 e. The first-order chi connectivity index (χ1) is 5.66. The summed E-state index contributed by atoms with van der Waals surface area (Å²) in [5.74, 6) is 0.653. The van der Waals surface area contributed by atoms with E-state index >= 15 is 0 Å². The van der Waals surface area contributed by atoms with Crippen molar-refractivity contribution in [3.8, 4) is 0 Å². The summed E-state index contributed by atoms with van der Waals surface area (Å²) in [4.78, 5) is 0. The predicted molar refractivity (Wildman–Crippen MR) is 52.0 cm³/mol. The van der Waals surface area contributed by atoms with Crippen molar-refractivity contribution in [1.82, 2.24) is 15.0 Å². The molecule has 0 spiro atoms. The first kappa shape index (κ1) is 10.0. The van der Waals surface area contributed by atoms with Crippen molar-refractivity contribution in [2.75, 3.05) is 12.0 Å². The molecule has 1 rings (SSSR count). The molecule has 1 aromatic heterocycles. The lowest BCUT2D eigenvalue weighted by molar-refractivity contribution is 0.193. The third-order valence-electron chi connectivity index (χ3n) is 1.47. The Morgan fingerprint density at radius 1 is 1.75 bits per heavy atom. The van der Waals surface area contributed by atoms with Crippen molar-refractivity contribution in [1.29, 1.82) is 0 Å². The zero-order valence-electron chi connectivity index (χ0n) is 6.86. The lowest BCUT2D eigenvalue weighted by Crippen LogP contribution is -2.07. The van der Waals surface area contributed by atoms with E-state index in [4.69, 9.17) is 0 Å². The zero-order valence-corrected chi connectivity index (χ0v) is 9.26. The Morgan fingerprint density at radius 3 is 2.83 bits per heavy atom. The minimum atomic E-state index is -0.505. The fourth-order valence-corrected chi connectivity index (χ4v) is 1.99. The zero-order chi connectivity index (χ0) is 9.14. The molecular weight excluding hydrogens is 242 g/mol. The topological polar surface area (TPSA) is 50.9 Å². The van der Waals surface area contributed by atoms with Crippen LogP contribution in [-0.2, 0) is 7.05 Å². The van der Waals surface area contributed by atoms with Gasteiger partial charge in [-0.3, -0.25) is 0 Å². The lowest BCUT2D eigenvalue weighted by atomic mass is 10.3. The monoisotopic (exact) mass is 251 g/mol. The number of thioether (sulfide) groups is 1. The van der Waals surface area contributed by atoms with Gasteiger partial charge in [0.2, 0.25) is 0 Å². The second kappa shape index (κ2) is 4.25. The number of aryl methyl sites for hydroxylation is 1. The summed E-state index contributed by atoms with van der Waals surface area (Å²) < 4.78 is 2.19. The van der Waals surface area contributed by atoms with Crippen LogP contribution in [0.4, 0.5) is 0 Å². The molecule has 0 aliphatic rings. The molecule has 6 heteroatoms. The molecule has 0 amide bonds. The lowest BCUT2D eigenvalue weighted by Gasteiger charge is -2.08. The number of hydrogen-bond acceptors (Lipinski definition) is 4. The van der Waals surface area contributed by atoms with Gasteiger partial charge in [-0.05, 0) is 22.2 Å². The molecule has 0 bridgehead atoms. The van der Waals surface area contributed by atoms with Crippen molar-refractivity contribution in [3.05, 3.63) is 10.3 Å². The highest BCUT2D eigenvalue weighted by Gasteiger charge is 2.16. The standard InChI is InChI=1S/C6H10BrN3OS/c1-10-5(4(11)3-12-2)6(7)8-9-10/h4,11H,3H2,1-2H3. The Kier molecular flexibility index (Phi) is 3.54. The van der Waals surface area contributed by atoms with Crippen LogP contribution in [0, 0.1) is 0 Å². The molecule has 0 radical (unpaired) electrons. The number of aliphatic hydroxyl groups is 1. The maximum absolute atomic E-state index is 9.62. The van der Waals surface area contributed by atoms with Crippen LogP contribution in [0.15, 0.2) is 4.60 Å². The van der Waals surface area contributed by atoms with Crippen molar-refractivity contribution in [3.63, 3.8) is 0 Å². The summed E-state index contributed by atoms with van der Waals surface area (Å²) in [5.41, 5.74) is 0.726. The number of nitrogens with zero attached hydrogens (tertiary/aromatic N) is 3. The SMILES string of the molecule is CSCC(O)c1c(Br)nnn1C. The summed E-state index contributed by atoms with van der Waals surface area (Å²) >= 11 is 4.81. The molecular formula is C6H10BrN3OS. The Bertz CT molecular complexity index is 246. The van der Waals surface area contributed by atoms with Crippen LogP contribution in [0.2, 0.25) is 0 Å². The molecule has 0 saturated carbocycles. The molecule has 0 aromatic carbocycles. The molecule has 1 aromatic rings. The van der Waals surface area contributed by atoms with E-state index in [-0.39, 0.29) is 0 Å². The average molecular weight is 252 g/mol. The molecule has 68 valence electrons. The maximum atomic E-state index is 9.62. The second-order valence-corrected chi connectivity index (χ2v) is 4.02. The molecule has 1 unspecified atom stereocenters. The van der Waals surface area contributed by atoms with Crippen LogP contribution >= 0.6 is 27.7 Å². The number of halogens is 1. The van der Waals surface area contributed by atoms with Gasteiger partial charge < -0.3 is 5.11 Å². The van der Waals surface area contributed by atoms with Gasteiger partial charge in [0.05, 0.1) is 0 Å². The highest BCUT2D eigenvalue weighted by atomic mass is 79.9. The van der Waals surface area contributed by atoms with Crippen LogP contribution in [-0.4, -0.2) is 32.1 Å². The maximum Gasteiger partial charge on any atom is 0.154 e. The Morgan fingerprint density at radius 2 is 2.42 bits per heavy atom. The van der Waals surface area contributed by atoms with Crippen molar-refractivity contribution >= 4 is 27.7 Å². The van der Waals surface area contributed by atoms with Crippen molar-refractivity contribution in [2.45, 2.75) is 6.10 Å². The molecule has 0 saturated heterocycles. The van der Waals surface area contributed by atoms with Crippen LogP contribution in [0.1, 0.15) is 11.8 Å². The van der Waals surface area contributed by atoms with Gasteiger partial charge in [-0.25, -0.2) is 4.68 Å². The fourth-order valence-electron chi connectivity index (χ4n) is 0.929. The molecule has 1 heterocycles. The summed E-state index contributed by atoms with van der Waals surface area (Å²) in [6, 6.07) is 0. The van der Waals surface area contributed by atoms with E-state index in [1.165, 1.54) is 0 Å². The van der Waals surface area contributed by atoms with Crippen LogP contribution < -0.4 is 0 Å². The average Bonchev–Trinajstić information content (AvgIpc) is 2.32. The molecule has 1 atom stereocenters. The quantitative estimate of drug-likeness (QED) is 0.871. The van der Waals surface area contributed by atoms with E-state index in [9.17, 15) is 5.11 Å². The highest BCUT2D eigenvalue weighted by molar-refractivity contribution is 9.10. The molecule has 0 aliphatic heterocycles. The van der Waals surface area contributed by atoms with Crippen molar-refractivity contribution in [2.24, 2.45) is 7.05 Å². The van der Waals surface area contributed by atoms with E-state index in [0.29, 0.717) is 10.4 Å². The van der Waals surface area contributed by atoms with E-state index in [1.807, 2.05) is 6.26 Å². The molecule has 0 fully saturated rings. The number of hydrogen-bond donors (Lipinski definition) is 1. The second-order valence-electron chi connectivity index (χ2n) is 2.36. The van der Waals surface area contributed by atoms with Gasteiger partial charge in [-0.1, -0.05) is 5.21 Å². The van der Waals surface area contributed by atoms with Gasteiger partial charge in [-0.15, -0.1) is 5.10 Å². The normalized spacial score (nSPS) is 13.3. The summed E-state index contributed by atoms with van der Waals surface area (Å²) in [6.07, 6.45) is 1.44. The summed E-state index contributed by atoms with van der Waals surface area (Å²) in [7, 11) is 1.76. The van der Waals surface area contributed by atoms with Crippen LogP contribution in [0.25, 0.3) is 0 Å². The predicted octanol–water partition coefficient (Wildman–Crippen LogP) is 0.974. The van der Waals surface area contributed by atoms with Crippen LogP contribution in [0.3, 0.4) is 0 Å². The number of aliphatic hydroxyl groups excluding tert-OH is 1. The minimum Gasteiger partial charge on any atom is -0.386 e. The van der Waals surface area contributed by atoms with Gasteiger partial charge in [0.15, 0.2) is 4.60 Å². The first-order valence-corrected chi connectivity index (χ1v) is 5.57. The Balaban J connectivity index is 2.85. The Labute approximate surface area is 83.5 Å². The number of aromatic nitrogens is 3. The molecule has 4 nitrogen and oxygen atoms in total. The van der Waals surface area contributed by atoms with E-state index in [2.05, 4.69) is 26.2 Å². The fraction of sp³-hybridized carbons (Fsp3) is 0.667. The highest BCUT2D eigenvalue weighted by Crippen LogP contribution is 2.22. The Hall–Kier alpha value is -0.0700. The summed E-state index contributed by atoms with van der Waals surface area (Å²) in [5, 5.41) is 17.2. The largest absolute Gasteiger partial charge is 0.386 e. The third kappa shape index (κ3) is 1.99.